The van der Waals surface area contributed by atoms with E-state index in [1.165, 1.54) is 5.56 Å². The SMILES string of the molecule is Cc1ccc(OC(C)CNC(=O)CCCCCCN)cc1.Cl. The molecular weight excluding hydrogens is 300 g/mol. The smallest absolute Gasteiger partial charge is 0.220 e. The molecule has 1 atom stereocenters. The molecule has 1 aromatic rings. The van der Waals surface area contributed by atoms with Gasteiger partial charge in [-0.2, -0.15) is 0 Å². The molecule has 0 heterocycles. The highest BCUT2D eigenvalue weighted by Gasteiger charge is 2.07. The number of carbonyl (C=O) groups excluding carboxylic acids is 1. The average molecular weight is 329 g/mol. The lowest BCUT2D eigenvalue weighted by atomic mass is 10.1. The quantitative estimate of drug-likeness (QED) is 0.648. The maximum atomic E-state index is 11.7. The van der Waals surface area contributed by atoms with Crippen molar-refractivity contribution in [2.45, 2.75) is 52.1 Å². The molecule has 0 bridgehead atoms. The molecule has 1 unspecified atom stereocenters. The molecule has 22 heavy (non-hydrogen) atoms. The van der Waals surface area contributed by atoms with Crippen molar-refractivity contribution in [1.82, 2.24) is 5.32 Å². The molecule has 1 amide bonds. The van der Waals surface area contributed by atoms with E-state index in [2.05, 4.69) is 5.32 Å². The van der Waals surface area contributed by atoms with E-state index in [1.807, 2.05) is 38.1 Å². The number of ether oxygens (including phenoxy) is 1. The van der Waals surface area contributed by atoms with E-state index in [9.17, 15) is 4.79 Å². The first-order chi connectivity index (χ1) is 10.1. The molecule has 0 aliphatic carbocycles. The molecule has 0 aromatic heterocycles. The van der Waals surface area contributed by atoms with Crippen LogP contribution in [0.25, 0.3) is 0 Å². The lowest BCUT2D eigenvalue weighted by Gasteiger charge is -2.15. The molecule has 3 N–H and O–H groups in total. The summed E-state index contributed by atoms with van der Waals surface area (Å²) in [6, 6.07) is 7.93. The number of unbranched alkanes of at least 4 members (excludes halogenated alkanes) is 3. The summed E-state index contributed by atoms with van der Waals surface area (Å²) in [7, 11) is 0. The van der Waals surface area contributed by atoms with Crippen LogP contribution in [0.2, 0.25) is 0 Å². The van der Waals surface area contributed by atoms with Crippen LogP contribution in [0.15, 0.2) is 24.3 Å². The topological polar surface area (TPSA) is 64.3 Å². The van der Waals surface area contributed by atoms with Gasteiger partial charge in [-0.1, -0.05) is 30.5 Å². The summed E-state index contributed by atoms with van der Waals surface area (Å²) in [5.74, 6) is 0.936. The Bertz CT molecular complexity index is 410. The van der Waals surface area contributed by atoms with Crippen LogP contribution >= 0.6 is 12.4 Å². The number of hydrogen-bond acceptors (Lipinski definition) is 3. The Kier molecular flexibility index (Phi) is 11.6. The molecule has 5 heteroatoms. The van der Waals surface area contributed by atoms with E-state index in [-0.39, 0.29) is 24.4 Å². The Morgan fingerprint density at radius 3 is 2.45 bits per heavy atom. The Hall–Kier alpha value is -1.26. The van der Waals surface area contributed by atoms with Crippen LogP contribution in [0.4, 0.5) is 0 Å². The molecule has 0 aliphatic heterocycles. The van der Waals surface area contributed by atoms with Gasteiger partial charge in [0, 0.05) is 6.42 Å². The van der Waals surface area contributed by atoms with Gasteiger partial charge >= 0.3 is 0 Å². The minimum Gasteiger partial charge on any atom is -0.489 e. The van der Waals surface area contributed by atoms with E-state index in [0.29, 0.717) is 13.0 Å². The molecule has 126 valence electrons. The summed E-state index contributed by atoms with van der Waals surface area (Å²) in [4.78, 5) is 11.7. The van der Waals surface area contributed by atoms with E-state index in [4.69, 9.17) is 10.5 Å². The minimum atomic E-state index is -0.0334. The number of amides is 1. The molecule has 0 spiro atoms. The number of rotatable bonds is 10. The maximum Gasteiger partial charge on any atom is 0.220 e. The molecule has 4 nitrogen and oxygen atoms in total. The highest BCUT2D eigenvalue weighted by molar-refractivity contribution is 5.85. The normalized spacial score (nSPS) is 11.4. The van der Waals surface area contributed by atoms with Crippen LogP contribution in [0, 0.1) is 6.92 Å². The van der Waals surface area contributed by atoms with Crippen molar-refractivity contribution < 1.29 is 9.53 Å². The van der Waals surface area contributed by atoms with Gasteiger partial charge in [0.2, 0.25) is 5.91 Å². The second kappa shape index (κ2) is 12.3. The highest BCUT2D eigenvalue weighted by atomic mass is 35.5. The monoisotopic (exact) mass is 328 g/mol. The van der Waals surface area contributed by atoms with Gasteiger partial charge in [0.05, 0.1) is 6.54 Å². The summed E-state index contributed by atoms with van der Waals surface area (Å²) in [6.07, 6.45) is 4.70. The Labute approximate surface area is 140 Å². The molecular formula is C17H29ClN2O2. The maximum absolute atomic E-state index is 11.7. The van der Waals surface area contributed by atoms with E-state index in [0.717, 1.165) is 38.0 Å². The number of carbonyl (C=O) groups is 1. The largest absolute Gasteiger partial charge is 0.489 e. The molecule has 1 rings (SSSR count). The van der Waals surface area contributed by atoms with Gasteiger partial charge in [-0.15, -0.1) is 12.4 Å². The zero-order valence-electron chi connectivity index (χ0n) is 13.6. The molecule has 0 aliphatic rings. The highest BCUT2D eigenvalue weighted by Crippen LogP contribution is 2.13. The Morgan fingerprint density at radius 1 is 1.18 bits per heavy atom. The van der Waals surface area contributed by atoms with Gasteiger partial charge in [-0.25, -0.2) is 0 Å². The van der Waals surface area contributed by atoms with Crippen molar-refractivity contribution in [3.05, 3.63) is 29.8 Å². The van der Waals surface area contributed by atoms with Crippen LogP contribution in [0.1, 0.15) is 44.6 Å². The first-order valence-electron chi connectivity index (χ1n) is 7.82. The fourth-order valence-electron chi connectivity index (χ4n) is 2.02. The fourth-order valence-corrected chi connectivity index (χ4v) is 2.02. The van der Waals surface area contributed by atoms with Crippen LogP contribution in [-0.4, -0.2) is 25.1 Å². The molecule has 0 radical (unpaired) electrons. The van der Waals surface area contributed by atoms with Crippen LogP contribution in [0.5, 0.6) is 5.75 Å². The van der Waals surface area contributed by atoms with Gasteiger partial charge < -0.3 is 15.8 Å². The molecule has 1 aromatic carbocycles. The molecule has 0 saturated carbocycles. The van der Waals surface area contributed by atoms with Crippen molar-refractivity contribution in [3.63, 3.8) is 0 Å². The molecule has 0 saturated heterocycles. The first-order valence-corrected chi connectivity index (χ1v) is 7.82. The van der Waals surface area contributed by atoms with Gasteiger partial charge in [-0.05, 0) is 45.4 Å². The second-order valence-corrected chi connectivity index (χ2v) is 5.50. The number of nitrogens with one attached hydrogen (secondary N) is 1. The van der Waals surface area contributed by atoms with Gasteiger partial charge in [0.1, 0.15) is 11.9 Å². The number of aryl methyl sites for hydroxylation is 1. The Morgan fingerprint density at radius 2 is 1.82 bits per heavy atom. The number of halogens is 1. The van der Waals surface area contributed by atoms with Crippen molar-refractivity contribution in [2.24, 2.45) is 5.73 Å². The summed E-state index contributed by atoms with van der Waals surface area (Å²) >= 11 is 0. The van der Waals surface area contributed by atoms with Crippen LogP contribution < -0.4 is 15.8 Å². The van der Waals surface area contributed by atoms with Crippen molar-refractivity contribution in [2.75, 3.05) is 13.1 Å². The third kappa shape index (κ3) is 9.64. The van der Waals surface area contributed by atoms with Gasteiger partial charge in [-0.3, -0.25) is 4.79 Å². The zero-order chi connectivity index (χ0) is 15.5. The zero-order valence-corrected chi connectivity index (χ0v) is 14.5. The summed E-state index contributed by atoms with van der Waals surface area (Å²) in [5, 5.41) is 2.92. The van der Waals surface area contributed by atoms with Crippen LogP contribution in [0.3, 0.4) is 0 Å². The van der Waals surface area contributed by atoms with E-state index >= 15 is 0 Å². The van der Waals surface area contributed by atoms with Gasteiger partial charge in [0.25, 0.3) is 0 Å². The van der Waals surface area contributed by atoms with E-state index in [1.54, 1.807) is 0 Å². The summed E-state index contributed by atoms with van der Waals surface area (Å²) in [5.41, 5.74) is 6.64. The Balaban J connectivity index is 0.00000441. The lowest BCUT2D eigenvalue weighted by Crippen LogP contribution is -2.33. The minimum absolute atomic E-state index is 0. The fraction of sp³-hybridized carbons (Fsp3) is 0.588. The predicted octanol–water partition coefficient (Wildman–Crippen LogP) is 3.21. The number of benzene rings is 1. The third-order valence-electron chi connectivity index (χ3n) is 3.30. The van der Waals surface area contributed by atoms with Crippen molar-refractivity contribution >= 4 is 18.3 Å². The van der Waals surface area contributed by atoms with Gasteiger partial charge in [0.15, 0.2) is 0 Å². The standard InChI is InChI=1S/C17H28N2O2.ClH/c1-14-8-10-16(11-9-14)21-15(2)13-19-17(20)7-5-3-4-6-12-18;/h8-11,15H,3-7,12-13,18H2,1-2H3,(H,19,20);1H. The van der Waals surface area contributed by atoms with Crippen molar-refractivity contribution in [3.8, 4) is 5.75 Å². The van der Waals surface area contributed by atoms with Crippen molar-refractivity contribution in [1.29, 1.82) is 0 Å². The summed E-state index contributed by atoms with van der Waals surface area (Å²) in [6.45, 7) is 5.28. The predicted molar refractivity (Wildman–Crippen MR) is 93.7 cm³/mol. The lowest BCUT2D eigenvalue weighted by molar-refractivity contribution is -0.121. The summed E-state index contributed by atoms with van der Waals surface area (Å²) < 4.78 is 5.75. The number of nitrogens with two attached hydrogens (primary N) is 1. The average Bonchev–Trinajstić information content (AvgIpc) is 2.47. The second-order valence-electron chi connectivity index (χ2n) is 5.50. The molecule has 0 fully saturated rings. The number of hydrogen-bond donors (Lipinski definition) is 2. The first kappa shape index (κ1) is 20.7. The third-order valence-corrected chi connectivity index (χ3v) is 3.30. The van der Waals surface area contributed by atoms with E-state index < -0.39 is 0 Å². The van der Waals surface area contributed by atoms with Crippen LogP contribution in [-0.2, 0) is 4.79 Å².